The van der Waals surface area contributed by atoms with E-state index in [-0.39, 0.29) is 22.7 Å². The van der Waals surface area contributed by atoms with E-state index < -0.39 is 10.0 Å². The van der Waals surface area contributed by atoms with Gasteiger partial charge in [0.15, 0.2) is 0 Å². The van der Waals surface area contributed by atoms with Crippen molar-refractivity contribution in [2.45, 2.75) is 30.7 Å². The molecule has 2 aromatic carbocycles. The molecule has 30 heavy (non-hydrogen) atoms. The van der Waals surface area contributed by atoms with Crippen LogP contribution < -0.4 is 0 Å². The Morgan fingerprint density at radius 3 is 2.47 bits per heavy atom. The molecule has 160 valence electrons. The number of aryl methyl sites for hydroxylation is 1. The highest BCUT2D eigenvalue weighted by Gasteiger charge is 2.33. The third-order valence-electron chi connectivity index (χ3n) is 5.82. The second-order valence-electron chi connectivity index (χ2n) is 7.70. The van der Waals surface area contributed by atoms with Crippen molar-refractivity contribution in [3.8, 4) is 0 Å². The molecule has 0 saturated carbocycles. The van der Waals surface area contributed by atoms with E-state index in [9.17, 15) is 17.6 Å². The lowest BCUT2D eigenvalue weighted by Crippen LogP contribution is -2.40. The number of likely N-dealkylation sites (tertiary alicyclic amines) is 1. The van der Waals surface area contributed by atoms with Crippen LogP contribution in [-0.2, 0) is 14.8 Å². The van der Waals surface area contributed by atoms with Crippen molar-refractivity contribution in [3.05, 3.63) is 65.0 Å². The average Bonchev–Trinajstić information content (AvgIpc) is 3.24. The third-order valence-corrected chi connectivity index (χ3v) is 7.71. The maximum absolute atomic E-state index is 13.4. The summed E-state index contributed by atoms with van der Waals surface area (Å²) in [6, 6.07) is 10.8. The molecule has 2 aliphatic rings. The molecule has 2 aliphatic heterocycles. The Kier molecular flexibility index (Phi) is 5.90. The van der Waals surface area contributed by atoms with Crippen LogP contribution in [0.1, 0.15) is 40.4 Å². The van der Waals surface area contributed by atoms with Crippen LogP contribution in [0.25, 0.3) is 0 Å². The first-order valence-electron chi connectivity index (χ1n) is 10.1. The smallest absolute Gasteiger partial charge is 0.254 e. The number of carbonyl (C=O) groups is 1. The third kappa shape index (κ3) is 3.99. The van der Waals surface area contributed by atoms with Gasteiger partial charge in [-0.1, -0.05) is 18.2 Å². The molecule has 0 aliphatic carbocycles. The van der Waals surface area contributed by atoms with E-state index in [0.29, 0.717) is 38.4 Å². The average molecular weight is 433 g/mol. The fraction of sp³-hybridized carbons (Fsp3) is 0.409. The molecule has 0 spiro atoms. The molecule has 0 N–H and O–H groups in total. The Hall–Kier alpha value is -2.29. The highest BCUT2D eigenvalue weighted by molar-refractivity contribution is 7.89. The molecule has 2 heterocycles. The first kappa shape index (κ1) is 21.0. The van der Waals surface area contributed by atoms with Gasteiger partial charge in [0.25, 0.3) is 5.91 Å². The molecule has 1 atom stereocenters. The van der Waals surface area contributed by atoms with E-state index in [2.05, 4.69) is 0 Å². The van der Waals surface area contributed by atoms with Crippen molar-refractivity contribution in [3.63, 3.8) is 0 Å². The van der Waals surface area contributed by atoms with E-state index in [0.717, 1.165) is 24.0 Å². The fourth-order valence-corrected chi connectivity index (χ4v) is 5.56. The Balaban J connectivity index is 1.64. The maximum Gasteiger partial charge on any atom is 0.254 e. The Morgan fingerprint density at radius 1 is 1.07 bits per heavy atom. The number of hydrogen-bond acceptors (Lipinski definition) is 4. The van der Waals surface area contributed by atoms with Gasteiger partial charge in [-0.25, -0.2) is 12.8 Å². The van der Waals surface area contributed by atoms with Crippen LogP contribution in [0.4, 0.5) is 4.39 Å². The molecule has 0 aromatic heterocycles. The molecule has 6 nitrogen and oxygen atoms in total. The number of nitrogens with zero attached hydrogens (tertiary/aromatic N) is 2. The van der Waals surface area contributed by atoms with Gasteiger partial charge in [0.05, 0.1) is 24.2 Å². The van der Waals surface area contributed by atoms with Gasteiger partial charge < -0.3 is 9.64 Å². The van der Waals surface area contributed by atoms with Crippen molar-refractivity contribution < 1.29 is 22.3 Å². The summed E-state index contributed by atoms with van der Waals surface area (Å²) in [7, 11) is -3.69. The standard InChI is InChI=1S/C22H25FN2O4S/c1-16-4-9-19(30(27,28)24-11-13-29-14-12-24)15-20(16)22(26)25-10-2-3-21(25)17-5-7-18(23)8-6-17/h4-9,15,21H,2-3,10-14H2,1H3. The van der Waals surface area contributed by atoms with E-state index >= 15 is 0 Å². The summed E-state index contributed by atoms with van der Waals surface area (Å²) in [5.74, 6) is -0.509. The van der Waals surface area contributed by atoms with E-state index in [1.165, 1.54) is 22.5 Å². The SMILES string of the molecule is Cc1ccc(S(=O)(=O)N2CCOCC2)cc1C(=O)N1CCCC1c1ccc(F)cc1. The van der Waals surface area contributed by atoms with Gasteiger partial charge in [0, 0.05) is 25.2 Å². The summed E-state index contributed by atoms with van der Waals surface area (Å²) >= 11 is 0. The molecule has 1 amide bonds. The first-order valence-corrected chi connectivity index (χ1v) is 11.6. The first-order chi connectivity index (χ1) is 14.4. The van der Waals surface area contributed by atoms with Gasteiger partial charge in [-0.3, -0.25) is 4.79 Å². The molecule has 0 radical (unpaired) electrons. The summed E-state index contributed by atoms with van der Waals surface area (Å²) < 4.78 is 46.0. The monoisotopic (exact) mass is 432 g/mol. The number of benzene rings is 2. The minimum absolute atomic E-state index is 0.121. The molecule has 4 rings (SSSR count). The van der Waals surface area contributed by atoms with Crippen LogP contribution in [-0.4, -0.2) is 56.4 Å². The topological polar surface area (TPSA) is 66.9 Å². The molecule has 2 fully saturated rings. The predicted octanol–water partition coefficient (Wildman–Crippen LogP) is 3.13. The summed E-state index contributed by atoms with van der Waals surface area (Å²) in [6.45, 7) is 3.73. The van der Waals surface area contributed by atoms with E-state index in [1.54, 1.807) is 36.1 Å². The summed E-state index contributed by atoms with van der Waals surface area (Å²) in [5.41, 5.74) is 2.00. The van der Waals surface area contributed by atoms with Crippen LogP contribution in [0.3, 0.4) is 0 Å². The van der Waals surface area contributed by atoms with Gasteiger partial charge in [0.1, 0.15) is 5.82 Å². The number of hydrogen-bond donors (Lipinski definition) is 0. The zero-order valence-electron chi connectivity index (χ0n) is 16.9. The maximum atomic E-state index is 13.4. The van der Waals surface area contributed by atoms with Gasteiger partial charge in [0.2, 0.25) is 10.0 Å². The molecule has 2 saturated heterocycles. The highest BCUT2D eigenvalue weighted by atomic mass is 32.2. The lowest BCUT2D eigenvalue weighted by molar-refractivity contribution is 0.0727. The van der Waals surface area contributed by atoms with Crippen molar-refractivity contribution in [2.24, 2.45) is 0 Å². The van der Waals surface area contributed by atoms with E-state index in [4.69, 9.17) is 4.74 Å². The number of sulfonamides is 1. The molecule has 0 bridgehead atoms. The summed E-state index contributed by atoms with van der Waals surface area (Å²) in [5, 5.41) is 0. The van der Waals surface area contributed by atoms with Gasteiger partial charge in [-0.05, 0) is 55.2 Å². The minimum Gasteiger partial charge on any atom is -0.379 e. The van der Waals surface area contributed by atoms with Gasteiger partial charge in [-0.2, -0.15) is 4.31 Å². The minimum atomic E-state index is -3.69. The van der Waals surface area contributed by atoms with Gasteiger partial charge in [-0.15, -0.1) is 0 Å². The summed E-state index contributed by atoms with van der Waals surface area (Å²) in [4.78, 5) is 15.3. The second kappa shape index (κ2) is 8.45. The quantitative estimate of drug-likeness (QED) is 0.745. The van der Waals surface area contributed by atoms with Gasteiger partial charge >= 0.3 is 0 Å². The fourth-order valence-electron chi connectivity index (χ4n) is 4.12. The Labute approximate surface area is 176 Å². The molecular weight excluding hydrogens is 407 g/mol. The number of ether oxygens (including phenoxy) is 1. The van der Waals surface area contributed by atoms with Crippen molar-refractivity contribution in [2.75, 3.05) is 32.8 Å². The molecule has 2 aromatic rings. The van der Waals surface area contributed by atoms with Crippen molar-refractivity contribution in [1.82, 2.24) is 9.21 Å². The zero-order chi connectivity index (χ0) is 21.3. The van der Waals surface area contributed by atoms with Crippen LogP contribution in [0.2, 0.25) is 0 Å². The number of carbonyl (C=O) groups excluding carboxylic acids is 1. The molecule has 1 unspecified atom stereocenters. The number of morpholine rings is 1. The van der Waals surface area contributed by atoms with Crippen LogP contribution in [0, 0.1) is 12.7 Å². The number of rotatable bonds is 4. The lowest BCUT2D eigenvalue weighted by atomic mass is 10.0. The second-order valence-corrected chi connectivity index (χ2v) is 9.64. The Bertz CT molecular complexity index is 1030. The van der Waals surface area contributed by atoms with Crippen LogP contribution >= 0.6 is 0 Å². The van der Waals surface area contributed by atoms with E-state index in [1.807, 2.05) is 0 Å². The van der Waals surface area contributed by atoms with Crippen LogP contribution in [0.15, 0.2) is 47.4 Å². The largest absolute Gasteiger partial charge is 0.379 e. The summed E-state index contributed by atoms with van der Waals surface area (Å²) in [6.07, 6.45) is 1.64. The van der Waals surface area contributed by atoms with Crippen LogP contribution in [0.5, 0.6) is 0 Å². The highest BCUT2D eigenvalue weighted by Crippen LogP contribution is 2.34. The Morgan fingerprint density at radius 2 is 1.77 bits per heavy atom. The number of amides is 1. The predicted molar refractivity (Wildman–Crippen MR) is 110 cm³/mol. The normalized spacial score (nSPS) is 20.5. The number of halogens is 1. The van der Waals surface area contributed by atoms with Crippen molar-refractivity contribution >= 4 is 15.9 Å². The van der Waals surface area contributed by atoms with Crippen molar-refractivity contribution in [1.29, 1.82) is 0 Å². The zero-order valence-corrected chi connectivity index (χ0v) is 17.7. The molecular formula is C22H25FN2O4S. The molecule has 8 heteroatoms. The lowest BCUT2D eigenvalue weighted by Gasteiger charge is -2.27.